The SMILES string of the molecule is C[C@@H]1CCC[C@]1(C)C(=O)c1c[nH]c2ncc(-c3cccc(N4CCCC4)c3)nc12. The molecule has 1 saturated heterocycles. The molecular weight excluding hydrogens is 360 g/mol. The number of benzene rings is 1. The Balaban J connectivity index is 1.53. The summed E-state index contributed by atoms with van der Waals surface area (Å²) in [5, 5.41) is 0. The fraction of sp³-hybridized carbons (Fsp3) is 0.458. The molecule has 0 unspecified atom stereocenters. The van der Waals surface area contributed by atoms with Crippen molar-refractivity contribution in [1.82, 2.24) is 15.0 Å². The monoisotopic (exact) mass is 388 g/mol. The van der Waals surface area contributed by atoms with Crippen molar-refractivity contribution in [2.45, 2.75) is 46.0 Å². The summed E-state index contributed by atoms with van der Waals surface area (Å²) >= 11 is 0. The lowest BCUT2D eigenvalue weighted by atomic mass is 9.75. The molecule has 150 valence electrons. The average Bonchev–Trinajstić information content (AvgIpc) is 3.48. The number of hydrogen-bond donors (Lipinski definition) is 1. The molecule has 2 aromatic heterocycles. The van der Waals surface area contributed by atoms with Crippen LogP contribution in [-0.2, 0) is 0 Å². The molecular formula is C24H28N4O. The smallest absolute Gasteiger partial charge is 0.172 e. The van der Waals surface area contributed by atoms with Crippen LogP contribution in [0.5, 0.6) is 0 Å². The van der Waals surface area contributed by atoms with Gasteiger partial charge in [0.1, 0.15) is 5.52 Å². The molecule has 3 heterocycles. The van der Waals surface area contributed by atoms with Crippen molar-refractivity contribution in [3.63, 3.8) is 0 Å². The number of nitrogens with zero attached hydrogens (tertiary/aromatic N) is 3. The highest BCUT2D eigenvalue weighted by Gasteiger charge is 2.43. The summed E-state index contributed by atoms with van der Waals surface area (Å²) in [4.78, 5) is 28.5. The van der Waals surface area contributed by atoms with Crippen molar-refractivity contribution < 1.29 is 4.79 Å². The number of rotatable bonds is 4. The summed E-state index contributed by atoms with van der Waals surface area (Å²) in [6, 6.07) is 8.51. The number of aromatic nitrogens is 3. The molecule has 1 aliphatic heterocycles. The van der Waals surface area contributed by atoms with E-state index in [4.69, 9.17) is 4.98 Å². The molecule has 1 N–H and O–H groups in total. The number of H-pyrrole nitrogens is 1. The van der Waals surface area contributed by atoms with E-state index < -0.39 is 0 Å². The molecule has 1 aliphatic carbocycles. The van der Waals surface area contributed by atoms with Crippen molar-refractivity contribution in [3.8, 4) is 11.3 Å². The van der Waals surface area contributed by atoms with Crippen molar-refractivity contribution in [2.24, 2.45) is 11.3 Å². The van der Waals surface area contributed by atoms with Gasteiger partial charge in [0.25, 0.3) is 0 Å². The van der Waals surface area contributed by atoms with Crippen LogP contribution >= 0.6 is 0 Å². The number of fused-ring (bicyclic) bond motifs is 1. The number of hydrogen-bond acceptors (Lipinski definition) is 4. The minimum atomic E-state index is -0.303. The van der Waals surface area contributed by atoms with Gasteiger partial charge in [0.05, 0.1) is 17.5 Å². The van der Waals surface area contributed by atoms with Crippen LogP contribution in [0.25, 0.3) is 22.4 Å². The van der Waals surface area contributed by atoms with E-state index in [2.05, 4.69) is 53.0 Å². The van der Waals surface area contributed by atoms with Gasteiger partial charge in [-0.05, 0) is 43.7 Å². The minimum Gasteiger partial charge on any atom is -0.372 e. The van der Waals surface area contributed by atoms with E-state index in [-0.39, 0.29) is 11.2 Å². The topological polar surface area (TPSA) is 61.9 Å². The molecule has 0 spiro atoms. The van der Waals surface area contributed by atoms with E-state index in [1.54, 1.807) is 12.4 Å². The van der Waals surface area contributed by atoms with Gasteiger partial charge in [0.2, 0.25) is 0 Å². The number of anilines is 1. The van der Waals surface area contributed by atoms with Crippen LogP contribution < -0.4 is 4.90 Å². The highest BCUT2D eigenvalue weighted by atomic mass is 16.1. The Kier molecular flexibility index (Phi) is 4.41. The van der Waals surface area contributed by atoms with Crippen molar-refractivity contribution in [1.29, 1.82) is 0 Å². The Morgan fingerprint density at radius 2 is 2.07 bits per heavy atom. The van der Waals surface area contributed by atoms with Gasteiger partial charge in [-0.2, -0.15) is 0 Å². The maximum absolute atomic E-state index is 13.4. The van der Waals surface area contributed by atoms with E-state index in [0.29, 0.717) is 22.6 Å². The average molecular weight is 389 g/mol. The summed E-state index contributed by atoms with van der Waals surface area (Å²) in [7, 11) is 0. The van der Waals surface area contributed by atoms with Crippen LogP contribution in [0, 0.1) is 11.3 Å². The van der Waals surface area contributed by atoms with Gasteiger partial charge >= 0.3 is 0 Å². The number of nitrogens with one attached hydrogen (secondary N) is 1. The second-order valence-electron chi connectivity index (χ2n) is 8.94. The Bertz CT molecular complexity index is 1070. The van der Waals surface area contributed by atoms with Gasteiger partial charge in [-0.25, -0.2) is 9.97 Å². The normalized spacial score (nSPS) is 24.5. The maximum Gasteiger partial charge on any atom is 0.172 e. The quantitative estimate of drug-likeness (QED) is 0.621. The first-order valence-corrected chi connectivity index (χ1v) is 10.8. The third-order valence-electron chi connectivity index (χ3n) is 7.18. The highest BCUT2D eigenvalue weighted by Crippen LogP contribution is 2.45. The van der Waals surface area contributed by atoms with Crippen LogP contribution in [0.3, 0.4) is 0 Å². The molecule has 5 rings (SSSR count). The standard InChI is InChI=1S/C24H28N4O/c1-16-7-6-10-24(16,2)22(29)19-14-25-23-21(19)27-20(15-26-23)17-8-5-9-18(13-17)28-11-3-4-12-28/h5,8-9,13-16H,3-4,6-7,10-12H2,1-2H3,(H,25,26)/t16-,24+/m1/s1. The van der Waals surface area contributed by atoms with Crippen LogP contribution in [0.2, 0.25) is 0 Å². The van der Waals surface area contributed by atoms with E-state index in [9.17, 15) is 4.79 Å². The van der Waals surface area contributed by atoms with E-state index in [1.165, 1.54) is 18.5 Å². The highest BCUT2D eigenvalue weighted by molar-refractivity contribution is 6.09. The number of carbonyl (C=O) groups is 1. The molecule has 0 bridgehead atoms. The second-order valence-corrected chi connectivity index (χ2v) is 8.94. The fourth-order valence-electron chi connectivity index (χ4n) is 5.03. The van der Waals surface area contributed by atoms with Crippen molar-refractivity contribution in [3.05, 3.63) is 42.2 Å². The number of Topliss-reactive ketones (excluding diaryl/α,β-unsaturated/α-hetero) is 1. The predicted octanol–water partition coefficient (Wildman–Crippen LogP) is 5.23. The zero-order valence-electron chi connectivity index (χ0n) is 17.2. The fourth-order valence-corrected chi connectivity index (χ4v) is 5.03. The summed E-state index contributed by atoms with van der Waals surface area (Å²) in [6.07, 6.45) is 9.29. The van der Waals surface area contributed by atoms with E-state index in [0.717, 1.165) is 43.6 Å². The number of aromatic amines is 1. The lowest BCUT2D eigenvalue weighted by molar-refractivity contribution is 0.0767. The van der Waals surface area contributed by atoms with E-state index >= 15 is 0 Å². The molecule has 2 atom stereocenters. The van der Waals surface area contributed by atoms with Gasteiger partial charge in [0.15, 0.2) is 11.4 Å². The molecule has 0 radical (unpaired) electrons. The van der Waals surface area contributed by atoms with Crippen LogP contribution in [-0.4, -0.2) is 33.8 Å². The van der Waals surface area contributed by atoms with Crippen LogP contribution in [0.4, 0.5) is 5.69 Å². The van der Waals surface area contributed by atoms with Crippen LogP contribution in [0.15, 0.2) is 36.7 Å². The number of carbonyl (C=O) groups excluding carboxylic acids is 1. The second kappa shape index (κ2) is 6.97. The summed E-state index contributed by atoms with van der Waals surface area (Å²) in [5.41, 5.74) is 4.85. The minimum absolute atomic E-state index is 0.200. The first kappa shape index (κ1) is 18.3. The molecule has 1 aromatic carbocycles. The summed E-state index contributed by atoms with van der Waals surface area (Å²) in [5.74, 6) is 0.597. The van der Waals surface area contributed by atoms with E-state index in [1.807, 2.05) is 0 Å². The van der Waals surface area contributed by atoms with Gasteiger partial charge in [0, 0.05) is 36.0 Å². The van der Waals surface area contributed by atoms with Gasteiger partial charge in [-0.15, -0.1) is 0 Å². The zero-order chi connectivity index (χ0) is 20.0. The molecule has 0 amide bonds. The van der Waals surface area contributed by atoms with Gasteiger partial charge in [-0.1, -0.05) is 32.4 Å². The third kappa shape index (κ3) is 3.04. The molecule has 5 nitrogen and oxygen atoms in total. The third-order valence-corrected chi connectivity index (χ3v) is 7.18. The zero-order valence-corrected chi connectivity index (χ0v) is 17.2. The predicted molar refractivity (Wildman–Crippen MR) is 116 cm³/mol. The van der Waals surface area contributed by atoms with Crippen molar-refractivity contribution >= 4 is 22.6 Å². The molecule has 5 heteroatoms. The van der Waals surface area contributed by atoms with Gasteiger partial charge < -0.3 is 9.88 Å². The molecule has 29 heavy (non-hydrogen) atoms. The molecule has 1 saturated carbocycles. The van der Waals surface area contributed by atoms with Crippen LogP contribution in [0.1, 0.15) is 56.3 Å². The van der Waals surface area contributed by atoms with Gasteiger partial charge in [-0.3, -0.25) is 4.79 Å². The Hall–Kier alpha value is -2.69. The Morgan fingerprint density at radius 3 is 2.83 bits per heavy atom. The summed E-state index contributed by atoms with van der Waals surface area (Å²) in [6.45, 7) is 6.53. The van der Waals surface area contributed by atoms with Crippen molar-refractivity contribution in [2.75, 3.05) is 18.0 Å². The maximum atomic E-state index is 13.4. The Morgan fingerprint density at radius 1 is 1.24 bits per heavy atom. The molecule has 2 fully saturated rings. The lowest BCUT2D eigenvalue weighted by Gasteiger charge is -2.27. The lowest BCUT2D eigenvalue weighted by Crippen LogP contribution is -2.30. The Labute approximate surface area is 171 Å². The molecule has 2 aliphatic rings. The summed E-state index contributed by atoms with van der Waals surface area (Å²) < 4.78 is 0. The first-order valence-electron chi connectivity index (χ1n) is 10.8. The largest absolute Gasteiger partial charge is 0.372 e. The first-order chi connectivity index (χ1) is 14.1. The molecule has 3 aromatic rings. The number of ketones is 1.